The van der Waals surface area contributed by atoms with Crippen LogP contribution in [0.4, 0.5) is 0 Å². The zero-order valence-corrected chi connectivity index (χ0v) is 13.0. The van der Waals surface area contributed by atoms with Gasteiger partial charge in [-0.1, -0.05) is 27.2 Å². The Bertz CT molecular complexity index is 436. The van der Waals surface area contributed by atoms with E-state index in [0.29, 0.717) is 11.3 Å². The summed E-state index contributed by atoms with van der Waals surface area (Å²) in [6, 6.07) is 0.200. The van der Waals surface area contributed by atoms with Gasteiger partial charge in [-0.2, -0.15) is 0 Å². The van der Waals surface area contributed by atoms with Gasteiger partial charge in [-0.25, -0.2) is 4.98 Å². The van der Waals surface area contributed by atoms with Gasteiger partial charge in [-0.3, -0.25) is 0 Å². The zero-order valence-electron chi connectivity index (χ0n) is 13.0. The van der Waals surface area contributed by atoms with Crippen LogP contribution in [-0.2, 0) is 0 Å². The number of imidazole rings is 1. The third kappa shape index (κ3) is 2.71. The molecule has 0 saturated heterocycles. The van der Waals surface area contributed by atoms with Crippen molar-refractivity contribution in [1.82, 2.24) is 9.55 Å². The molecule has 1 heterocycles. The van der Waals surface area contributed by atoms with Crippen LogP contribution in [0.3, 0.4) is 0 Å². The maximum absolute atomic E-state index is 10.4. The third-order valence-corrected chi connectivity index (χ3v) is 5.44. The fourth-order valence-corrected chi connectivity index (χ4v) is 3.28. The lowest BCUT2D eigenvalue weighted by Crippen LogP contribution is -2.37. The van der Waals surface area contributed by atoms with E-state index in [0.717, 1.165) is 25.0 Å². The summed E-state index contributed by atoms with van der Waals surface area (Å²) >= 11 is 0. The van der Waals surface area contributed by atoms with Crippen molar-refractivity contribution in [3.63, 3.8) is 0 Å². The van der Waals surface area contributed by atoms with E-state index in [1.54, 1.807) is 0 Å². The lowest BCUT2D eigenvalue weighted by Gasteiger charge is -2.42. The number of hydrogen-bond donors (Lipinski definition) is 1. The molecule has 1 aromatic rings. The van der Waals surface area contributed by atoms with Gasteiger partial charge >= 0.3 is 0 Å². The molecular weight excluding hydrogens is 236 g/mol. The molecule has 3 atom stereocenters. The summed E-state index contributed by atoms with van der Waals surface area (Å²) in [5.41, 5.74) is 2.63. The molecule has 0 radical (unpaired) electrons. The lowest BCUT2D eigenvalue weighted by molar-refractivity contribution is 0.0186. The Labute approximate surface area is 117 Å². The standard InChI is InChI=1S/C16H28N2O/c1-6-16(4,5)13-7-8-15(19)14(9-13)18-10-17-11(2)12(18)3/h10,13-15,19H,6-9H2,1-5H3. The highest BCUT2D eigenvalue weighted by Crippen LogP contribution is 2.44. The van der Waals surface area contributed by atoms with Crippen molar-refractivity contribution in [3.05, 3.63) is 17.7 Å². The average Bonchev–Trinajstić information content (AvgIpc) is 2.70. The minimum absolute atomic E-state index is 0.200. The van der Waals surface area contributed by atoms with Gasteiger partial charge in [0, 0.05) is 5.69 Å². The van der Waals surface area contributed by atoms with E-state index in [1.807, 2.05) is 13.3 Å². The summed E-state index contributed by atoms with van der Waals surface area (Å²) in [4.78, 5) is 4.39. The Balaban J connectivity index is 2.22. The molecule has 108 valence electrons. The molecule has 1 aliphatic carbocycles. The summed E-state index contributed by atoms with van der Waals surface area (Å²) in [5, 5.41) is 10.4. The van der Waals surface area contributed by atoms with E-state index in [2.05, 4.69) is 37.2 Å². The smallest absolute Gasteiger partial charge is 0.0954 e. The van der Waals surface area contributed by atoms with Crippen molar-refractivity contribution in [1.29, 1.82) is 0 Å². The number of aromatic nitrogens is 2. The van der Waals surface area contributed by atoms with Gasteiger partial charge in [-0.05, 0) is 44.4 Å². The second-order valence-electron chi connectivity index (χ2n) is 6.81. The van der Waals surface area contributed by atoms with Crippen molar-refractivity contribution in [3.8, 4) is 0 Å². The highest BCUT2D eigenvalue weighted by Gasteiger charge is 2.37. The Kier molecular flexibility index (Phi) is 4.05. The Hall–Kier alpha value is -0.830. The average molecular weight is 264 g/mol. The van der Waals surface area contributed by atoms with Gasteiger partial charge in [0.15, 0.2) is 0 Å². The second-order valence-corrected chi connectivity index (χ2v) is 6.81. The highest BCUT2D eigenvalue weighted by molar-refractivity contribution is 5.11. The fraction of sp³-hybridized carbons (Fsp3) is 0.812. The van der Waals surface area contributed by atoms with E-state index >= 15 is 0 Å². The first-order valence-corrected chi connectivity index (χ1v) is 7.55. The zero-order chi connectivity index (χ0) is 14.2. The van der Waals surface area contributed by atoms with E-state index in [4.69, 9.17) is 0 Å². The van der Waals surface area contributed by atoms with E-state index in [-0.39, 0.29) is 12.1 Å². The van der Waals surface area contributed by atoms with E-state index < -0.39 is 0 Å². The third-order valence-electron chi connectivity index (χ3n) is 5.44. The highest BCUT2D eigenvalue weighted by atomic mass is 16.3. The van der Waals surface area contributed by atoms with E-state index in [1.165, 1.54) is 12.1 Å². The number of aliphatic hydroxyl groups is 1. The van der Waals surface area contributed by atoms with Gasteiger partial charge in [0.05, 0.1) is 24.2 Å². The lowest BCUT2D eigenvalue weighted by atomic mass is 9.68. The van der Waals surface area contributed by atoms with Crippen LogP contribution in [0.25, 0.3) is 0 Å². The Morgan fingerprint density at radius 2 is 2.05 bits per heavy atom. The molecule has 0 bridgehead atoms. The minimum Gasteiger partial charge on any atom is -0.391 e. The number of aryl methyl sites for hydroxylation is 1. The number of aliphatic hydroxyl groups excluding tert-OH is 1. The fourth-order valence-electron chi connectivity index (χ4n) is 3.28. The summed E-state index contributed by atoms with van der Waals surface area (Å²) < 4.78 is 2.19. The summed E-state index contributed by atoms with van der Waals surface area (Å²) in [5.74, 6) is 0.688. The van der Waals surface area contributed by atoms with Crippen LogP contribution in [0, 0.1) is 25.2 Å². The Morgan fingerprint density at radius 1 is 1.37 bits per heavy atom. The van der Waals surface area contributed by atoms with Gasteiger partial charge in [-0.15, -0.1) is 0 Å². The molecule has 3 heteroatoms. The normalized spacial score (nSPS) is 28.6. The molecule has 0 spiro atoms. The van der Waals surface area contributed by atoms with Crippen LogP contribution < -0.4 is 0 Å². The largest absolute Gasteiger partial charge is 0.391 e. The summed E-state index contributed by atoms with van der Waals surface area (Å²) in [6.45, 7) is 11.1. The molecule has 1 aliphatic rings. The molecule has 1 aromatic heterocycles. The van der Waals surface area contributed by atoms with Crippen molar-refractivity contribution in [2.75, 3.05) is 0 Å². The minimum atomic E-state index is -0.226. The molecule has 1 fully saturated rings. The van der Waals surface area contributed by atoms with Gasteiger partial charge < -0.3 is 9.67 Å². The first kappa shape index (κ1) is 14.6. The SMILES string of the molecule is CCC(C)(C)C1CCC(O)C(n2cnc(C)c2C)C1. The maximum Gasteiger partial charge on any atom is 0.0954 e. The predicted molar refractivity (Wildman–Crippen MR) is 78.2 cm³/mol. The van der Waals surface area contributed by atoms with Crippen LogP contribution >= 0.6 is 0 Å². The van der Waals surface area contributed by atoms with Crippen molar-refractivity contribution in [2.24, 2.45) is 11.3 Å². The molecule has 3 unspecified atom stereocenters. The molecular formula is C16H28N2O. The van der Waals surface area contributed by atoms with Crippen LogP contribution in [-0.4, -0.2) is 20.8 Å². The first-order valence-electron chi connectivity index (χ1n) is 7.55. The van der Waals surface area contributed by atoms with Gasteiger partial charge in [0.25, 0.3) is 0 Å². The summed E-state index contributed by atoms with van der Waals surface area (Å²) in [6.07, 6.45) is 6.00. The number of nitrogens with zero attached hydrogens (tertiary/aromatic N) is 2. The molecule has 1 N–H and O–H groups in total. The van der Waals surface area contributed by atoms with E-state index in [9.17, 15) is 5.11 Å². The molecule has 2 rings (SSSR count). The van der Waals surface area contributed by atoms with Crippen molar-refractivity contribution >= 4 is 0 Å². The van der Waals surface area contributed by atoms with Crippen LogP contribution in [0.5, 0.6) is 0 Å². The number of hydrogen-bond acceptors (Lipinski definition) is 2. The van der Waals surface area contributed by atoms with Crippen LogP contribution in [0.15, 0.2) is 6.33 Å². The maximum atomic E-state index is 10.4. The molecule has 0 amide bonds. The second kappa shape index (κ2) is 5.28. The predicted octanol–water partition coefficient (Wildman–Crippen LogP) is 3.64. The molecule has 19 heavy (non-hydrogen) atoms. The summed E-state index contributed by atoms with van der Waals surface area (Å²) in [7, 11) is 0. The molecule has 0 aliphatic heterocycles. The molecule has 1 saturated carbocycles. The topological polar surface area (TPSA) is 38.0 Å². The number of rotatable bonds is 3. The molecule has 0 aromatic carbocycles. The quantitative estimate of drug-likeness (QED) is 0.905. The van der Waals surface area contributed by atoms with Gasteiger partial charge in [0.1, 0.15) is 0 Å². The molecule has 3 nitrogen and oxygen atoms in total. The van der Waals surface area contributed by atoms with Crippen molar-refractivity contribution in [2.45, 2.75) is 72.4 Å². The monoisotopic (exact) mass is 264 g/mol. The van der Waals surface area contributed by atoms with Crippen LogP contribution in [0.1, 0.15) is 63.9 Å². The first-order chi connectivity index (χ1) is 8.86. The Morgan fingerprint density at radius 3 is 2.58 bits per heavy atom. The van der Waals surface area contributed by atoms with Gasteiger partial charge in [0.2, 0.25) is 0 Å². The van der Waals surface area contributed by atoms with Crippen LogP contribution in [0.2, 0.25) is 0 Å². The van der Waals surface area contributed by atoms with Crippen molar-refractivity contribution < 1.29 is 5.11 Å².